The second-order valence-electron chi connectivity index (χ2n) is 6.43. The molecule has 27 heavy (non-hydrogen) atoms. The van der Waals surface area contributed by atoms with Crippen LogP contribution in [-0.2, 0) is 16.2 Å². The number of benzene rings is 2. The number of hydrogen-bond acceptors (Lipinski definition) is 4. The molecule has 1 aliphatic heterocycles. The van der Waals surface area contributed by atoms with Crippen LogP contribution in [-0.4, -0.2) is 36.3 Å². The summed E-state index contributed by atoms with van der Waals surface area (Å²) >= 11 is 0. The average Bonchev–Trinajstić information content (AvgIpc) is 3.15. The maximum atomic E-state index is 14.0. The lowest BCUT2D eigenvalue weighted by atomic mass is 10.0. The van der Waals surface area contributed by atoms with Crippen LogP contribution in [0.25, 0.3) is 0 Å². The van der Waals surface area contributed by atoms with Gasteiger partial charge in [0.05, 0.1) is 19.4 Å². The fraction of sp³-hybridized carbons (Fsp3) is 0.333. The second-order valence-corrected chi connectivity index (χ2v) is 6.43. The van der Waals surface area contributed by atoms with Crippen molar-refractivity contribution in [3.05, 3.63) is 65.5 Å². The van der Waals surface area contributed by atoms with E-state index < -0.39 is 0 Å². The van der Waals surface area contributed by atoms with Crippen LogP contribution >= 0.6 is 0 Å². The van der Waals surface area contributed by atoms with Crippen molar-refractivity contribution in [1.82, 2.24) is 4.90 Å². The summed E-state index contributed by atoms with van der Waals surface area (Å²) < 4.78 is 19.2. The van der Waals surface area contributed by atoms with Gasteiger partial charge in [-0.3, -0.25) is 4.79 Å². The van der Waals surface area contributed by atoms with E-state index in [1.54, 1.807) is 30.2 Å². The number of carbonyl (C=O) groups is 1. The van der Waals surface area contributed by atoms with Gasteiger partial charge in [-0.2, -0.15) is 0 Å². The fourth-order valence-corrected chi connectivity index (χ4v) is 3.10. The van der Waals surface area contributed by atoms with Gasteiger partial charge in [-0.1, -0.05) is 42.4 Å². The molecule has 1 amide bonds. The van der Waals surface area contributed by atoms with Crippen LogP contribution in [0.2, 0.25) is 0 Å². The second kappa shape index (κ2) is 8.66. The summed E-state index contributed by atoms with van der Waals surface area (Å²) in [6.45, 7) is 2.68. The summed E-state index contributed by atoms with van der Waals surface area (Å²) in [6.07, 6.45) is 0.574. The van der Waals surface area contributed by atoms with E-state index in [1.807, 2.05) is 31.2 Å². The van der Waals surface area contributed by atoms with Crippen LogP contribution in [0.5, 0.6) is 5.75 Å². The van der Waals surface area contributed by atoms with Crippen LogP contribution in [0.15, 0.2) is 53.7 Å². The Morgan fingerprint density at radius 2 is 2.11 bits per heavy atom. The number of oxime groups is 1. The Morgan fingerprint density at radius 3 is 2.85 bits per heavy atom. The molecule has 0 saturated heterocycles. The van der Waals surface area contributed by atoms with Gasteiger partial charge in [0.15, 0.2) is 6.10 Å². The number of ether oxygens (including phenoxy) is 1. The standard InChI is InChI=1S/C21H23FN2O3/c1-3-21(25)24(13-15-7-6-8-16(11-15)26-2)14-17-12-20(23-27-17)18-9-4-5-10-19(18)22/h4-11,17H,3,12-14H2,1-2H3/t17-/m1/s1. The number of rotatable bonds is 7. The molecular formula is C21H23FN2O3. The third kappa shape index (κ3) is 4.64. The molecule has 0 spiro atoms. The van der Waals surface area contributed by atoms with E-state index in [2.05, 4.69) is 5.16 Å². The Labute approximate surface area is 158 Å². The maximum absolute atomic E-state index is 14.0. The molecule has 0 N–H and O–H groups in total. The maximum Gasteiger partial charge on any atom is 0.222 e. The molecule has 0 radical (unpaired) electrons. The SMILES string of the molecule is CCC(=O)N(Cc1cccc(OC)c1)C[C@H]1CC(c2ccccc2F)=NO1. The molecule has 6 heteroatoms. The Hall–Kier alpha value is -2.89. The Bertz CT molecular complexity index is 838. The van der Waals surface area contributed by atoms with Gasteiger partial charge in [0.1, 0.15) is 11.6 Å². The zero-order valence-corrected chi connectivity index (χ0v) is 15.5. The lowest BCUT2D eigenvalue weighted by molar-refractivity contribution is -0.133. The van der Waals surface area contributed by atoms with E-state index >= 15 is 0 Å². The van der Waals surface area contributed by atoms with Gasteiger partial charge >= 0.3 is 0 Å². The lowest BCUT2D eigenvalue weighted by Crippen LogP contribution is -2.36. The molecule has 0 unspecified atom stereocenters. The molecule has 142 valence electrons. The summed E-state index contributed by atoms with van der Waals surface area (Å²) in [5, 5.41) is 4.04. The molecular weight excluding hydrogens is 347 g/mol. The van der Waals surface area contributed by atoms with Gasteiger partial charge in [0, 0.05) is 24.9 Å². The summed E-state index contributed by atoms with van der Waals surface area (Å²) in [7, 11) is 1.61. The number of nitrogens with zero attached hydrogens (tertiary/aromatic N) is 2. The number of amides is 1. The topological polar surface area (TPSA) is 51.1 Å². The number of carbonyl (C=O) groups excluding carboxylic acids is 1. The van der Waals surface area contributed by atoms with E-state index in [9.17, 15) is 9.18 Å². The molecule has 0 bridgehead atoms. The first kappa shape index (κ1) is 18.9. The number of halogens is 1. The number of hydrogen-bond donors (Lipinski definition) is 0. The van der Waals surface area contributed by atoms with E-state index in [-0.39, 0.29) is 17.8 Å². The third-order valence-corrected chi connectivity index (χ3v) is 4.50. The van der Waals surface area contributed by atoms with Crippen molar-refractivity contribution < 1.29 is 18.8 Å². The molecule has 1 atom stereocenters. The summed E-state index contributed by atoms with van der Waals surface area (Å²) in [4.78, 5) is 19.6. The van der Waals surface area contributed by atoms with E-state index in [0.717, 1.165) is 11.3 Å². The summed E-state index contributed by atoms with van der Waals surface area (Å²) in [5.74, 6) is 0.456. The molecule has 3 rings (SSSR count). The van der Waals surface area contributed by atoms with Gasteiger partial charge in [-0.15, -0.1) is 0 Å². The quantitative estimate of drug-likeness (QED) is 0.746. The van der Waals surface area contributed by atoms with Crippen molar-refractivity contribution >= 4 is 11.6 Å². The molecule has 2 aromatic carbocycles. The van der Waals surface area contributed by atoms with Crippen LogP contribution in [0.1, 0.15) is 30.9 Å². The molecule has 1 heterocycles. The molecule has 2 aromatic rings. The van der Waals surface area contributed by atoms with Gasteiger partial charge in [-0.05, 0) is 23.8 Å². The molecule has 0 aromatic heterocycles. The highest BCUT2D eigenvalue weighted by Crippen LogP contribution is 2.21. The van der Waals surface area contributed by atoms with Crippen LogP contribution in [0.4, 0.5) is 4.39 Å². The first-order chi connectivity index (χ1) is 13.1. The number of methoxy groups -OCH3 is 1. The van der Waals surface area contributed by atoms with Crippen molar-refractivity contribution in [1.29, 1.82) is 0 Å². The van der Waals surface area contributed by atoms with Crippen molar-refractivity contribution in [2.75, 3.05) is 13.7 Å². The minimum absolute atomic E-state index is 0.0285. The van der Waals surface area contributed by atoms with Crippen LogP contribution in [0.3, 0.4) is 0 Å². The van der Waals surface area contributed by atoms with Gasteiger partial charge < -0.3 is 14.5 Å². The van der Waals surface area contributed by atoms with Crippen molar-refractivity contribution in [2.45, 2.75) is 32.4 Å². The van der Waals surface area contributed by atoms with Crippen molar-refractivity contribution in [3.8, 4) is 5.75 Å². The Morgan fingerprint density at radius 1 is 1.30 bits per heavy atom. The summed E-state index contributed by atoms with van der Waals surface area (Å²) in [6, 6.07) is 14.1. The van der Waals surface area contributed by atoms with Crippen LogP contribution < -0.4 is 4.74 Å². The van der Waals surface area contributed by atoms with Crippen molar-refractivity contribution in [3.63, 3.8) is 0 Å². The van der Waals surface area contributed by atoms with Gasteiger partial charge in [0.2, 0.25) is 5.91 Å². The van der Waals surface area contributed by atoms with Crippen LogP contribution in [0, 0.1) is 5.82 Å². The third-order valence-electron chi connectivity index (χ3n) is 4.50. The van der Waals surface area contributed by atoms with Crippen molar-refractivity contribution in [2.24, 2.45) is 5.16 Å². The minimum Gasteiger partial charge on any atom is -0.497 e. The monoisotopic (exact) mass is 370 g/mol. The lowest BCUT2D eigenvalue weighted by Gasteiger charge is -2.24. The van der Waals surface area contributed by atoms with E-state index in [1.165, 1.54) is 6.07 Å². The van der Waals surface area contributed by atoms with E-state index in [4.69, 9.17) is 9.57 Å². The summed E-state index contributed by atoms with van der Waals surface area (Å²) in [5.41, 5.74) is 1.99. The first-order valence-corrected chi connectivity index (χ1v) is 8.99. The van der Waals surface area contributed by atoms with E-state index in [0.29, 0.717) is 37.2 Å². The zero-order valence-electron chi connectivity index (χ0n) is 15.5. The van der Waals surface area contributed by atoms with Gasteiger partial charge in [-0.25, -0.2) is 4.39 Å². The fourth-order valence-electron chi connectivity index (χ4n) is 3.10. The molecule has 0 aliphatic carbocycles. The highest BCUT2D eigenvalue weighted by atomic mass is 19.1. The smallest absolute Gasteiger partial charge is 0.222 e. The zero-order chi connectivity index (χ0) is 19.2. The normalized spacial score (nSPS) is 15.8. The van der Waals surface area contributed by atoms with Gasteiger partial charge in [0.25, 0.3) is 0 Å². The Kier molecular flexibility index (Phi) is 6.06. The molecule has 0 saturated carbocycles. The predicted molar refractivity (Wildman–Crippen MR) is 101 cm³/mol. The average molecular weight is 370 g/mol. The largest absolute Gasteiger partial charge is 0.497 e. The highest BCUT2D eigenvalue weighted by molar-refractivity contribution is 6.01. The molecule has 5 nitrogen and oxygen atoms in total. The Balaban J connectivity index is 1.67. The molecule has 0 fully saturated rings. The molecule has 1 aliphatic rings. The minimum atomic E-state index is -0.321. The first-order valence-electron chi connectivity index (χ1n) is 8.99. The predicted octanol–water partition coefficient (Wildman–Crippen LogP) is 3.77. The highest BCUT2D eigenvalue weighted by Gasteiger charge is 2.27.